The molecule has 0 saturated heterocycles. The van der Waals surface area contributed by atoms with Gasteiger partial charge in [-0.25, -0.2) is 0 Å². The number of methoxy groups -OCH3 is 1. The Kier molecular flexibility index (Phi) is 4.24. The maximum absolute atomic E-state index is 13.1. The summed E-state index contributed by atoms with van der Waals surface area (Å²) in [5.74, 6) is 1.02. The van der Waals surface area contributed by atoms with E-state index < -0.39 is 0 Å². The molecule has 1 amide bonds. The molecule has 132 valence electrons. The molecule has 1 aromatic heterocycles. The molecule has 0 unspecified atom stereocenters. The van der Waals surface area contributed by atoms with Gasteiger partial charge in [0, 0.05) is 24.3 Å². The van der Waals surface area contributed by atoms with Crippen molar-refractivity contribution in [2.45, 2.75) is 51.6 Å². The van der Waals surface area contributed by atoms with Gasteiger partial charge in [-0.2, -0.15) is 5.10 Å². The van der Waals surface area contributed by atoms with Gasteiger partial charge in [-0.1, -0.05) is 25.0 Å². The van der Waals surface area contributed by atoms with E-state index in [0.717, 1.165) is 30.0 Å². The highest BCUT2D eigenvalue weighted by molar-refractivity contribution is 5.95. The maximum atomic E-state index is 13.1. The highest BCUT2D eigenvalue weighted by Crippen LogP contribution is 2.32. The van der Waals surface area contributed by atoms with Gasteiger partial charge < -0.3 is 9.64 Å². The fraction of sp³-hybridized carbons (Fsp3) is 0.500. The van der Waals surface area contributed by atoms with Crippen molar-refractivity contribution in [2.24, 2.45) is 0 Å². The molecule has 5 nitrogen and oxygen atoms in total. The van der Waals surface area contributed by atoms with Crippen LogP contribution in [0.4, 0.5) is 0 Å². The van der Waals surface area contributed by atoms with Gasteiger partial charge in [0.15, 0.2) is 0 Å². The van der Waals surface area contributed by atoms with Crippen molar-refractivity contribution in [2.75, 3.05) is 13.7 Å². The van der Waals surface area contributed by atoms with Crippen molar-refractivity contribution in [3.05, 3.63) is 46.8 Å². The number of carbonyl (C=O) groups is 1. The Morgan fingerprint density at radius 2 is 2.08 bits per heavy atom. The molecule has 1 aliphatic carbocycles. The Balaban J connectivity index is 1.56. The van der Waals surface area contributed by atoms with Crippen LogP contribution in [0.15, 0.2) is 24.4 Å². The van der Waals surface area contributed by atoms with Crippen LogP contribution in [0.25, 0.3) is 0 Å². The Bertz CT molecular complexity index is 790. The van der Waals surface area contributed by atoms with Crippen molar-refractivity contribution in [3.8, 4) is 5.75 Å². The van der Waals surface area contributed by atoms with Gasteiger partial charge in [0.25, 0.3) is 5.91 Å². The highest BCUT2D eigenvalue weighted by atomic mass is 16.5. The lowest BCUT2D eigenvalue weighted by Crippen LogP contribution is -2.36. The quantitative estimate of drug-likeness (QED) is 0.860. The van der Waals surface area contributed by atoms with Crippen LogP contribution >= 0.6 is 0 Å². The van der Waals surface area contributed by atoms with Crippen molar-refractivity contribution in [1.82, 2.24) is 14.7 Å². The average Bonchev–Trinajstić information content (AvgIpc) is 3.29. The van der Waals surface area contributed by atoms with Crippen molar-refractivity contribution < 1.29 is 9.53 Å². The predicted molar refractivity (Wildman–Crippen MR) is 95.9 cm³/mol. The molecular formula is C20H25N3O2. The number of aromatic nitrogens is 2. The molecule has 1 aromatic carbocycles. The second-order valence-electron chi connectivity index (χ2n) is 7.10. The molecule has 0 atom stereocenters. The van der Waals surface area contributed by atoms with Crippen LogP contribution in [0, 0.1) is 6.92 Å². The lowest BCUT2D eigenvalue weighted by Gasteiger charge is -2.29. The van der Waals surface area contributed by atoms with Crippen molar-refractivity contribution in [3.63, 3.8) is 0 Å². The van der Waals surface area contributed by atoms with Crippen LogP contribution in [-0.4, -0.2) is 34.2 Å². The Hall–Kier alpha value is -2.30. The summed E-state index contributed by atoms with van der Waals surface area (Å²) < 4.78 is 7.53. The van der Waals surface area contributed by atoms with Gasteiger partial charge in [0.2, 0.25) is 0 Å². The molecule has 1 aliphatic heterocycles. The second kappa shape index (κ2) is 6.54. The monoisotopic (exact) mass is 339 g/mol. The standard InChI is InChI=1S/C20H25N3O2/c1-14-18(12-21-23(14)16-7-3-4-8-16)20(24)22-11-10-17-15(13-22)6-5-9-19(17)25-2/h5-6,9,12,16H,3-4,7-8,10-11,13H2,1-2H3. The number of hydrogen-bond acceptors (Lipinski definition) is 3. The zero-order chi connectivity index (χ0) is 17.4. The molecule has 1 saturated carbocycles. The molecule has 0 radical (unpaired) electrons. The molecule has 0 spiro atoms. The normalized spacial score (nSPS) is 17.6. The number of amides is 1. The second-order valence-corrected chi connectivity index (χ2v) is 7.10. The highest BCUT2D eigenvalue weighted by Gasteiger charge is 2.28. The van der Waals surface area contributed by atoms with Gasteiger partial charge >= 0.3 is 0 Å². The van der Waals surface area contributed by atoms with Gasteiger partial charge in [-0.15, -0.1) is 0 Å². The first kappa shape index (κ1) is 16.2. The summed E-state index contributed by atoms with van der Waals surface area (Å²) in [7, 11) is 1.70. The average molecular weight is 339 g/mol. The summed E-state index contributed by atoms with van der Waals surface area (Å²) in [6.45, 7) is 3.39. The van der Waals surface area contributed by atoms with E-state index >= 15 is 0 Å². The summed E-state index contributed by atoms with van der Waals surface area (Å²) in [4.78, 5) is 15.0. The van der Waals surface area contributed by atoms with Crippen LogP contribution in [0.2, 0.25) is 0 Å². The number of fused-ring (bicyclic) bond motifs is 1. The lowest BCUT2D eigenvalue weighted by atomic mass is 9.98. The molecule has 2 aromatic rings. The molecule has 5 heteroatoms. The Morgan fingerprint density at radius 1 is 1.28 bits per heavy atom. The molecule has 0 N–H and O–H groups in total. The fourth-order valence-electron chi connectivity index (χ4n) is 4.26. The van der Waals surface area contributed by atoms with Crippen LogP contribution in [-0.2, 0) is 13.0 Å². The first-order valence-corrected chi connectivity index (χ1v) is 9.17. The molecule has 0 bridgehead atoms. The van der Waals surface area contributed by atoms with E-state index in [-0.39, 0.29) is 5.91 Å². The minimum Gasteiger partial charge on any atom is -0.496 e. The van der Waals surface area contributed by atoms with E-state index in [2.05, 4.69) is 15.8 Å². The Morgan fingerprint density at radius 3 is 2.84 bits per heavy atom. The van der Waals surface area contributed by atoms with Crippen molar-refractivity contribution >= 4 is 5.91 Å². The van der Waals surface area contributed by atoms with Gasteiger partial charge in [0.05, 0.1) is 24.9 Å². The largest absolute Gasteiger partial charge is 0.496 e. The minimum atomic E-state index is 0.0928. The number of rotatable bonds is 3. The number of nitrogens with zero attached hydrogens (tertiary/aromatic N) is 3. The predicted octanol–water partition coefficient (Wildman–Crippen LogP) is 3.51. The summed E-state index contributed by atoms with van der Waals surface area (Å²) in [5.41, 5.74) is 4.17. The summed E-state index contributed by atoms with van der Waals surface area (Å²) in [6.07, 6.45) is 7.47. The summed E-state index contributed by atoms with van der Waals surface area (Å²) in [5, 5.41) is 4.53. The first-order chi connectivity index (χ1) is 12.2. The smallest absolute Gasteiger partial charge is 0.257 e. The number of hydrogen-bond donors (Lipinski definition) is 0. The van der Waals surface area contributed by atoms with Crippen LogP contribution < -0.4 is 4.74 Å². The third-order valence-electron chi connectivity index (χ3n) is 5.68. The van der Waals surface area contributed by atoms with Gasteiger partial charge in [-0.3, -0.25) is 9.48 Å². The summed E-state index contributed by atoms with van der Waals surface area (Å²) in [6, 6.07) is 6.54. The SMILES string of the molecule is COc1cccc2c1CCN(C(=O)c1cnn(C3CCCC3)c1C)C2. The van der Waals surface area contributed by atoms with E-state index in [4.69, 9.17) is 4.74 Å². The van der Waals surface area contributed by atoms with Crippen LogP contribution in [0.1, 0.15) is 58.9 Å². The van der Waals surface area contributed by atoms with E-state index in [1.165, 1.54) is 36.8 Å². The Labute approximate surface area is 148 Å². The molecular weight excluding hydrogens is 314 g/mol. The molecule has 4 rings (SSSR count). The number of benzene rings is 1. The van der Waals surface area contributed by atoms with E-state index in [1.54, 1.807) is 13.3 Å². The fourth-order valence-corrected chi connectivity index (χ4v) is 4.26. The molecule has 25 heavy (non-hydrogen) atoms. The number of carbonyl (C=O) groups excluding carboxylic acids is 1. The van der Waals surface area contributed by atoms with Crippen LogP contribution in [0.5, 0.6) is 5.75 Å². The maximum Gasteiger partial charge on any atom is 0.257 e. The molecule has 1 fully saturated rings. The van der Waals surface area contributed by atoms with E-state index in [9.17, 15) is 4.79 Å². The first-order valence-electron chi connectivity index (χ1n) is 9.17. The van der Waals surface area contributed by atoms with Crippen molar-refractivity contribution in [1.29, 1.82) is 0 Å². The van der Waals surface area contributed by atoms with E-state index in [0.29, 0.717) is 12.6 Å². The zero-order valence-corrected chi connectivity index (χ0v) is 15.0. The third kappa shape index (κ3) is 2.81. The molecule has 2 heterocycles. The van der Waals surface area contributed by atoms with Gasteiger partial charge in [-0.05, 0) is 37.8 Å². The zero-order valence-electron chi connectivity index (χ0n) is 15.0. The van der Waals surface area contributed by atoms with Gasteiger partial charge in [0.1, 0.15) is 5.75 Å². The summed E-state index contributed by atoms with van der Waals surface area (Å²) >= 11 is 0. The lowest BCUT2D eigenvalue weighted by molar-refractivity contribution is 0.0733. The van der Waals surface area contributed by atoms with Crippen LogP contribution in [0.3, 0.4) is 0 Å². The minimum absolute atomic E-state index is 0.0928. The third-order valence-corrected chi connectivity index (χ3v) is 5.68. The number of ether oxygens (including phenoxy) is 1. The topological polar surface area (TPSA) is 47.4 Å². The van der Waals surface area contributed by atoms with E-state index in [1.807, 2.05) is 24.0 Å². The molecule has 2 aliphatic rings.